The minimum atomic E-state index is 0.0445. The maximum Gasteiger partial charge on any atom is 0.166 e. The van der Waals surface area contributed by atoms with Crippen LogP contribution in [-0.2, 0) is 0 Å². The first-order chi connectivity index (χ1) is 10.8. The minimum Gasteiger partial charge on any atom is -0.505 e. The van der Waals surface area contributed by atoms with Gasteiger partial charge in [-0.15, -0.1) is 0 Å². The number of fused-ring (bicyclic) bond motifs is 1. The lowest BCUT2D eigenvalue weighted by Gasteiger charge is -2.15. The Morgan fingerprint density at radius 3 is 2.55 bits per heavy atom. The molecule has 1 saturated carbocycles. The fraction of sp³-hybridized carbons (Fsp3) is 0.556. The number of aromatic nitrogens is 2. The van der Waals surface area contributed by atoms with Gasteiger partial charge in [-0.1, -0.05) is 57.4 Å². The molecule has 2 N–H and O–H groups in total. The Hall–Kier alpha value is -1.84. The third kappa shape index (κ3) is 3.32. The molecule has 1 aromatic heterocycles. The number of nitrogens with zero attached hydrogens (tertiary/aromatic N) is 1. The van der Waals surface area contributed by atoms with Crippen molar-refractivity contribution < 1.29 is 9.90 Å². The first-order valence-corrected chi connectivity index (χ1v) is 8.44. The van der Waals surface area contributed by atoms with Gasteiger partial charge in [0.1, 0.15) is 5.52 Å². The van der Waals surface area contributed by atoms with Crippen LogP contribution >= 0.6 is 0 Å². The Morgan fingerprint density at radius 2 is 1.82 bits per heavy atom. The Labute approximate surface area is 130 Å². The van der Waals surface area contributed by atoms with Crippen LogP contribution in [0.25, 0.3) is 10.9 Å². The van der Waals surface area contributed by atoms with Gasteiger partial charge in [-0.3, -0.25) is 9.89 Å². The number of phenols is 1. The number of carbonyl (C=O) groups is 1. The number of aromatic amines is 1. The number of hydrogen-bond donors (Lipinski definition) is 2. The van der Waals surface area contributed by atoms with Gasteiger partial charge in [-0.25, -0.2) is 0 Å². The van der Waals surface area contributed by atoms with E-state index in [9.17, 15) is 9.90 Å². The zero-order valence-electron chi connectivity index (χ0n) is 13.0. The summed E-state index contributed by atoms with van der Waals surface area (Å²) in [4.78, 5) is 12.6. The molecule has 0 amide bonds. The van der Waals surface area contributed by atoms with E-state index >= 15 is 0 Å². The molecule has 1 aliphatic carbocycles. The lowest BCUT2D eigenvalue weighted by atomic mass is 9.89. The number of ketones is 1. The van der Waals surface area contributed by atoms with E-state index in [0.29, 0.717) is 23.4 Å². The number of nitrogens with one attached hydrogen (secondary N) is 1. The van der Waals surface area contributed by atoms with Crippen LogP contribution in [0.1, 0.15) is 68.1 Å². The Morgan fingerprint density at radius 1 is 1.14 bits per heavy atom. The van der Waals surface area contributed by atoms with Crippen LogP contribution in [0.15, 0.2) is 18.3 Å². The number of carbonyl (C=O) groups excluding carboxylic acids is 1. The number of benzene rings is 1. The Balaban J connectivity index is 1.72. The molecule has 1 heterocycles. The molecule has 1 aromatic carbocycles. The second-order valence-electron chi connectivity index (χ2n) is 6.49. The normalized spacial score (nSPS) is 17.8. The quantitative estimate of drug-likeness (QED) is 0.815. The molecule has 2 aromatic rings. The van der Waals surface area contributed by atoms with Crippen molar-refractivity contribution in [3.63, 3.8) is 0 Å². The van der Waals surface area contributed by atoms with Gasteiger partial charge >= 0.3 is 0 Å². The summed E-state index contributed by atoms with van der Waals surface area (Å²) in [5, 5.41) is 17.8. The first-order valence-electron chi connectivity index (χ1n) is 8.44. The second kappa shape index (κ2) is 6.95. The summed E-state index contributed by atoms with van der Waals surface area (Å²) in [7, 11) is 0. The van der Waals surface area contributed by atoms with E-state index in [0.717, 1.165) is 18.2 Å². The fourth-order valence-electron chi connectivity index (χ4n) is 3.52. The van der Waals surface area contributed by atoms with Gasteiger partial charge in [0, 0.05) is 11.8 Å². The Kier molecular flexibility index (Phi) is 4.76. The van der Waals surface area contributed by atoms with E-state index in [1.807, 2.05) is 6.07 Å². The van der Waals surface area contributed by atoms with Crippen LogP contribution in [0.5, 0.6) is 5.75 Å². The third-order valence-corrected chi connectivity index (χ3v) is 4.84. The van der Waals surface area contributed by atoms with Gasteiger partial charge in [0.15, 0.2) is 11.5 Å². The topological polar surface area (TPSA) is 66.0 Å². The summed E-state index contributed by atoms with van der Waals surface area (Å²) in [5.74, 6) is 0.559. The van der Waals surface area contributed by atoms with Crippen LogP contribution in [0.3, 0.4) is 0 Å². The van der Waals surface area contributed by atoms with Crippen molar-refractivity contribution in [2.45, 2.75) is 57.8 Å². The summed E-state index contributed by atoms with van der Waals surface area (Å²) in [6.07, 6.45) is 12.2. The molecule has 1 aliphatic rings. The van der Waals surface area contributed by atoms with E-state index in [4.69, 9.17) is 0 Å². The summed E-state index contributed by atoms with van der Waals surface area (Å²) in [5.41, 5.74) is 0.983. The lowest BCUT2D eigenvalue weighted by Crippen LogP contribution is -2.09. The predicted molar refractivity (Wildman–Crippen MR) is 87.1 cm³/mol. The molecule has 4 heteroatoms. The molecule has 22 heavy (non-hydrogen) atoms. The summed E-state index contributed by atoms with van der Waals surface area (Å²) in [6.45, 7) is 0. The highest BCUT2D eigenvalue weighted by Gasteiger charge is 2.20. The minimum absolute atomic E-state index is 0.0445. The summed E-state index contributed by atoms with van der Waals surface area (Å²) in [6, 6.07) is 3.57. The molecule has 4 nitrogen and oxygen atoms in total. The average molecular weight is 300 g/mol. The maximum atomic E-state index is 12.6. The molecule has 0 unspecified atom stereocenters. The first kappa shape index (κ1) is 15.1. The van der Waals surface area contributed by atoms with E-state index in [1.165, 1.54) is 38.5 Å². The molecule has 0 bridgehead atoms. The van der Waals surface area contributed by atoms with Crippen molar-refractivity contribution in [3.05, 3.63) is 23.9 Å². The van der Waals surface area contributed by atoms with Crippen molar-refractivity contribution in [1.82, 2.24) is 10.2 Å². The van der Waals surface area contributed by atoms with Crippen molar-refractivity contribution in [1.29, 1.82) is 0 Å². The maximum absolute atomic E-state index is 12.6. The highest BCUT2D eigenvalue weighted by atomic mass is 16.3. The van der Waals surface area contributed by atoms with E-state index in [-0.39, 0.29) is 11.5 Å². The molecule has 0 radical (unpaired) electrons. The van der Waals surface area contributed by atoms with Gasteiger partial charge < -0.3 is 5.11 Å². The fourth-order valence-corrected chi connectivity index (χ4v) is 3.52. The second-order valence-corrected chi connectivity index (χ2v) is 6.49. The van der Waals surface area contributed by atoms with Crippen molar-refractivity contribution in [2.24, 2.45) is 5.92 Å². The van der Waals surface area contributed by atoms with Crippen LogP contribution in [-0.4, -0.2) is 21.1 Å². The molecular weight excluding hydrogens is 276 g/mol. The molecule has 1 fully saturated rings. The smallest absolute Gasteiger partial charge is 0.166 e. The van der Waals surface area contributed by atoms with Gasteiger partial charge in [0.05, 0.1) is 11.8 Å². The molecule has 0 spiro atoms. The van der Waals surface area contributed by atoms with Gasteiger partial charge in [0.25, 0.3) is 0 Å². The van der Waals surface area contributed by atoms with Gasteiger partial charge in [0.2, 0.25) is 0 Å². The zero-order valence-corrected chi connectivity index (χ0v) is 13.0. The highest BCUT2D eigenvalue weighted by molar-refractivity contribution is 6.03. The Bertz CT molecular complexity index is 638. The number of aromatic hydroxyl groups is 1. The highest BCUT2D eigenvalue weighted by Crippen LogP contribution is 2.31. The number of H-pyrrole nitrogens is 1. The zero-order chi connectivity index (χ0) is 15.4. The molecular formula is C18H24N2O2. The van der Waals surface area contributed by atoms with Crippen molar-refractivity contribution >= 4 is 16.7 Å². The number of rotatable bonds is 3. The van der Waals surface area contributed by atoms with Crippen LogP contribution < -0.4 is 0 Å². The SMILES string of the molecule is O=C(CC1CCCCCCCC1)c1ccc2cn[nH]c2c1O. The summed E-state index contributed by atoms with van der Waals surface area (Å²) < 4.78 is 0. The van der Waals surface area contributed by atoms with Crippen LogP contribution in [0.4, 0.5) is 0 Å². The van der Waals surface area contributed by atoms with E-state index in [1.54, 1.807) is 12.3 Å². The lowest BCUT2D eigenvalue weighted by molar-refractivity contribution is 0.0953. The van der Waals surface area contributed by atoms with Gasteiger partial charge in [-0.2, -0.15) is 5.10 Å². The molecule has 0 atom stereocenters. The molecule has 3 rings (SSSR count). The third-order valence-electron chi connectivity index (χ3n) is 4.84. The van der Waals surface area contributed by atoms with Crippen molar-refractivity contribution in [3.8, 4) is 5.75 Å². The van der Waals surface area contributed by atoms with Gasteiger partial charge in [-0.05, 0) is 12.0 Å². The monoisotopic (exact) mass is 300 g/mol. The van der Waals surface area contributed by atoms with Crippen molar-refractivity contribution in [2.75, 3.05) is 0 Å². The van der Waals surface area contributed by atoms with Crippen LogP contribution in [0.2, 0.25) is 0 Å². The largest absolute Gasteiger partial charge is 0.505 e. The van der Waals surface area contributed by atoms with E-state index in [2.05, 4.69) is 10.2 Å². The summed E-state index contributed by atoms with van der Waals surface area (Å²) >= 11 is 0. The average Bonchev–Trinajstić information content (AvgIpc) is 3.01. The predicted octanol–water partition coefficient (Wildman–Crippen LogP) is 4.59. The molecule has 118 valence electrons. The van der Waals surface area contributed by atoms with Crippen LogP contribution in [0, 0.1) is 5.92 Å². The van der Waals surface area contributed by atoms with E-state index < -0.39 is 0 Å². The molecule has 0 saturated heterocycles. The number of phenolic OH excluding ortho intramolecular Hbond substituents is 1. The molecule has 0 aliphatic heterocycles. The standard InChI is InChI=1S/C18H24N2O2/c21-16(11-13-7-5-3-1-2-4-6-8-13)15-10-9-14-12-19-20-17(14)18(15)22/h9-10,12-13,22H,1-8,11H2,(H,19,20). The number of hydrogen-bond acceptors (Lipinski definition) is 3. The number of Topliss-reactive ketones (excluding diaryl/α,β-unsaturated/α-hetero) is 1.